The Balaban J connectivity index is 0.000000360. The third-order valence-corrected chi connectivity index (χ3v) is 2.68. The molecule has 0 atom stereocenters. The van der Waals surface area contributed by atoms with E-state index in [-0.39, 0.29) is 0 Å². The van der Waals surface area contributed by atoms with Crippen molar-refractivity contribution in [2.45, 2.75) is 20.8 Å². The lowest BCUT2D eigenvalue weighted by atomic mass is 9.94. The van der Waals surface area contributed by atoms with Gasteiger partial charge >= 0.3 is 0 Å². The first-order valence-electron chi connectivity index (χ1n) is 5.90. The molecule has 1 aromatic rings. The Morgan fingerprint density at radius 2 is 1.33 bits per heavy atom. The average molecular weight is 263 g/mol. The molecule has 0 aliphatic carbocycles. The lowest BCUT2D eigenvalue weighted by Gasteiger charge is -2.13. The fourth-order valence-electron chi connectivity index (χ4n) is 1.33. The summed E-state index contributed by atoms with van der Waals surface area (Å²) in [6, 6.07) is 0.313. The van der Waals surface area contributed by atoms with Crippen molar-refractivity contribution >= 4 is 13.3 Å². The van der Waals surface area contributed by atoms with Crippen LogP contribution in [0.1, 0.15) is 20.8 Å². The van der Waals surface area contributed by atoms with Crippen molar-refractivity contribution < 1.29 is 17.6 Å². The van der Waals surface area contributed by atoms with Crippen molar-refractivity contribution in [1.29, 1.82) is 0 Å². The summed E-state index contributed by atoms with van der Waals surface area (Å²) in [5.74, 6) is -5.70. The second kappa shape index (κ2) is 8.13. The predicted molar refractivity (Wildman–Crippen MR) is 67.9 cm³/mol. The number of hydrogen-bond acceptors (Lipinski definition) is 1. The van der Waals surface area contributed by atoms with E-state index >= 15 is 0 Å². The lowest BCUT2D eigenvalue weighted by Crippen LogP contribution is -2.21. The highest BCUT2D eigenvalue weighted by molar-refractivity contribution is 6.32. The number of nitrogens with zero attached hydrogens (tertiary/aromatic N) is 1. The second-order valence-corrected chi connectivity index (χ2v) is 3.71. The Kier molecular flexibility index (Phi) is 7.67. The van der Waals surface area contributed by atoms with Gasteiger partial charge in [0.05, 0.1) is 0 Å². The molecule has 1 aromatic carbocycles. The molecule has 0 radical (unpaired) electrons. The van der Waals surface area contributed by atoms with E-state index in [1.165, 1.54) is 19.6 Å². The minimum Gasteiger partial charge on any atom is -0.304 e. The summed E-state index contributed by atoms with van der Waals surface area (Å²) >= 11 is 0. The van der Waals surface area contributed by atoms with Crippen LogP contribution in [0.5, 0.6) is 0 Å². The maximum atomic E-state index is 12.4. The highest BCUT2D eigenvalue weighted by Crippen LogP contribution is 2.09. The topological polar surface area (TPSA) is 3.24 Å². The van der Waals surface area contributed by atoms with E-state index in [0.29, 0.717) is 6.07 Å². The van der Waals surface area contributed by atoms with E-state index in [1.807, 2.05) is 0 Å². The Morgan fingerprint density at radius 3 is 1.67 bits per heavy atom. The smallest absolute Gasteiger partial charge is 0.194 e. The molecule has 0 unspecified atom stereocenters. The highest BCUT2D eigenvalue weighted by atomic mass is 19.2. The predicted octanol–water partition coefficient (Wildman–Crippen LogP) is 1.85. The van der Waals surface area contributed by atoms with Crippen molar-refractivity contribution in [3.05, 3.63) is 29.3 Å². The summed E-state index contributed by atoms with van der Waals surface area (Å²) in [6.07, 6.45) is 0. The van der Waals surface area contributed by atoms with Crippen LogP contribution >= 0.6 is 0 Å². The fraction of sp³-hybridized carbons (Fsp3) is 0.500. The number of rotatable bonds is 3. The first-order chi connectivity index (χ1) is 8.38. The van der Waals surface area contributed by atoms with Gasteiger partial charge in [-0.25, -0.2) is 17.6 Å². The first-order valence-corrected chi connectivity index (χ1v) is 5.90. The molecule has 0 heterocycles. The third-order valence-electron chi connectivity index (χ3n) is 2.68. The molecule has 0 aliphatic heterocycles. The summed E-state index contributed by atoms with van der Waals surface area (Å²) in [7, 11) is 1.03. The summed E-state index contributed by atoms with van der Waals surface area (Å²) < 4.78 is 49.2. The average Bonchev–Trinajstić information content (AvgIpc) is 2.37. The molecule has 0 aromatic heterocycles. The van der Waals surface area contributed by atoms with Gasteiger partial charge in [-0.15, -0.1) is 0 Å². The van der Waals surface area contributed by atoms with Crippen molar-refractivity contribution in [3.63, 3.8) is 0 Å². The lowest BCUT2D eigenvalue weighted by molar-refractivity contribution is 0.321. The molecule has 0 saturated carbocycles. The van der Waals surface area contributed by atoms with E-state index in [0.717, 1.165) is 7.85 Å². The molecule has 0 aliphatic rings. The Morgan fingerprint density at radius 1 is 0.889 bits per heavy atom. The van der Waals surface area contributed by atoms with Crippen LogP contribution in [0, 0.1) is 23.3 Å². The van der Waals surface area contributed by atoms with Gasteiger partial charge in [0.15, 0.2) is 17.5 Å². The van der Waals surface area contributed by atoms with Gasteiger partial charge in [0.2, 0.25) is 0 Å². The second-order valence-electron chi connectivity index (χ2n) is 3.71. The van der Waals surface area contributed by atoms with Crippen LogP contribution in [-0.4, -0.2) is 32.4 Å². The molecule has 18 heavy (non-hydrogen) atoms. The molecule has 1 nitrogen and oxygen atoms in total. The molecule has 0 fully saturated rings. The van der Waals surface area contributed by atoms with Gasteiger partial charge in [-0.05, 0) is 25.1 Å². The Labute approximate surface area is 106 Å². The van der Waals surface area contributed by atoms with Gasteiger partial charge < -0.3 is 4.90 Å². The Hall–Kier alpha value is -1.04. The van der Waals surface area contributed by atoms with E-state index in [4.69, 9.17) is 0 Å². The maximum absolute atomic E-state index is 12.4. The van der Waals surface area contributed by atoms with Crippen molar-refractivity contribution in [2.24, 2.45) is 0 Å². The molecule has 102 valence electrons. The zero-order valence-corrected chi connectivity index (χ0v) is 11.2. The number of halogens is 4. The molecule has 0 bridgehead atoms. The molecular formula is C12H18BF4N. The van der Waals surface area contributed by atoms with Crippen LogP contribution in [0.4, 0.5) is 17.6 Å². The summed E-state index contributed by atoms with van der Waals surface area (Å²) in [4.78, 5) is 2.38. The Bertz CT molecular complexity index is 349. The van der Waals surface area contributed by atoms with Crippen molar-refractivity contribution in [2.75, 3.05) is 19.6 Å². The largest absolute Gasteiger partial charge is 0.304 e. The van der Waals surface area contributed by atoms with E-state index < -0.39 is 28.7 Å². The standard InChI is InChI=1S/C6H3BF4.C6H15N/c7-4-2(8)1-3(9)5(10)6(4)11;1-4-7(5-2)6-3/h1H,7H2;4-6H2,1-3H3. The summed E-state index contributed by atoms with van der Waals surface area (Å²) in [6.45, 7) is 10.1. The zero-order chi connectivity index (χ0) is 14.3. The monoisotopic (exact) mass is 263 g/mol. The van der Waals surface area contributed by atoms with Crippen molar-refractivity contribution in [1.82, 2.24) is 4.90 Å². The maximum Gasteiger partial charge on any atom is 0.194 e. The zero-order valence-electron chi connectivity index (χ0n) is 11.2. The molecule has 1 rings (SSSR count). The quantitative estimate of drug-likeness (QED) is 0.348. The first kappa shape index (κ1) is 17.0. The van der Waals surface area contributed by atoms with E-state index in [2.05, 4.69) is 25.7 Å². The van der Waals surface area contributed by atoms with Crippen LogP contribution in [0.15, 0.2) is 6.07 Å². The van der Waals surface area contributed by atoms with Crippen LogP contribution in [0.25, 0.3) is 0 Å². The fourth-order valence-corrected chi connectivity index (χ4v) is 1.33. The van der Waals surface area contributed by atoms with E-state index in [9.17, 15) is 17.6 Å². The van der Waals surface area contributed by atoms with Gasteiger partial charge in [-0.3, -0.25) is 0 Å². The molecule has 0 spiro atoms. The number of hydrogen-bond donors (Lipinski definition) is 0. The normalized spacial score (nSPS) is 10.2. The van der Waals surface area contributed by atoms with Gasteiger partial charge in [-0.1, -0.05) is 20.8 Å². The van der Waals surface area contributed by atoms with Gasteiger partial charge in [-0.2, -0.15) is 0 Å². The molecule has 0 amide bonds. The van der Waals surface area contributed by atoms with E-state index in [1.54, 1.807) is 0 Å². The summed E-state index contributed by atoms with van der Waals surface area (Å²) in [5, 5.41) is 0. The molecule has 0 saturated heterocycles. The van der Waals surface area contributed by atoms with Crippen LogP contribution < -0.4 is 5.46 Å². The third kappa shape index (κ3) is 4.68. The minimum atomic E-state index is -1.64. The number of benzene rings is 1. The molecule has 0 N–H and O–H groups in total. The van der Waals surface area contributed by atoms with Gasteiger partial charge in [0.25, 0.3) is 0 Å². The van der Waals surface area contributed by atoms with Crippen LogP contribution in [0.3, 0.4) is 0 Å². The summed E-state index contributed by atoms with van der Waals surface area (Å²) in [5.41, 5.74) is -0.510. The minimum absolute atomic E-state index is 0.313. The molecule has 6 heteroatoms. The van der Waals surface area contributed by atoms with Crippen LogP contribution in [0.2, 0.25) is 0 Å². The highest BCUT2D eigenvalue weighted by Gasteiger charge is 2.14. The van der Waals surface area contributed by atoms with Crippen molar-refractivity contribution in [3.8, 4) is 0 Å². The van der Waals surface area contributed by atoms with Crippen LogP contribution in [-0.2, 0) is 0 Å². The molecular weight excluding hydrogens is 245 g/mol. The SMILES string of the molecule is Bc1c(F)cc(F)c(F)c1F.CCN(CC)CC. The van der Waals surface area contributed by atoms with Gasteiger partial charge in [0, 0.05) is 6.07 Å². The van der Waals surface area contributed by atoms with Gasteiger partial charge in [0.1, 0.15) is 13.7 Å².